The van der Waals surface area contributed by atoms with Crippen LogP contribution in [0.25, 0.3) is 10.9 Å². The third kappa shape index (κ3) is 3.54. The summed E-state index contributed by atoms with van der Waals surface area (Å²) in [6.07, 6.45) is 4.90. The molecule has 1 aliphatic heterocycles. The topological polar surface area (TPSA) is 59.3 Å². The summed E-state index contributed by atoms with van der Waals surface area (Å²) < 4.78 is 1.66. The highest BCUT2D eigenvalue weighted by Crippen LogP contribution is 2.19. The lowest BCUT2D eigenvalue weighted by atomic mass is 10.0. The molecule has 2 heterocycles. The fraction of sp³-hybridized carbons (Fsp3) is 0.350. The Morgan fingerprint density at radius 3 is 2.92 bits per heavy atom. The van der Waals surface area contributed by atoms with Gasteiger partial charge in [-0.25, -0.2) is 4.98 Å². The van der Waals surface area contributed by atoms with Gasteiger partial charge < -0.3 is 5.32 Å². The molecule has 0 amide bonds. The SMILES string of the molecule is CC/C=C\C(C#Cc1ccc2c(=O)n(C)c(C3CNC3)nc2c1)=NC. The van der Waals surface area contributed by atoms with Crippen molar-refractivity contribution in [2.24, 2.45) is 12.0 Å². The van der Waals surface area contributed by atoms with E-state index >= 15 is 0 Å². The summed E-state index contributed by atoms with van der Waals surface area (Å²) in [6, 6.07) is 5.55. The molecule has 0 unspecified atom stereocenters. The fourth-order valence-electron chi connectivity index (χ4n) is 2.74. The first-order valence-corrected chi connectivity index (χ1v) is 8.50. The van der Waals surface area contributed by atoms with Crippen molar-refractivity contribution < 1.29 is 0 Å². The molecule has 128 valence electrons. The smallest absolute Gasteiger partial charge is 0.261 e. The maximum atomic E-state index is 12.6. The third-order valence-corrected chi connectivity index (χ3v) is 4.35. The molecule has 0 aliphatic carbocycles. The van der Waals surface area contributed by atoms with Gasteiger partial charge in [0, 0.05) is 38.7 Å². The Labute approximate surface area is 147 Å². The van der Waals surface area contributed by atoms with Crippen LogP contribution in [-0.2, 0) is 7.05 Å². The van der Waals surface area contributed by atoms with Crippen LogP contribution in [0.15, 0.2) is 40.1 Å². The number of allylic oxidation sites excluding steroid dienone is 2. The van der Waals surface area contributed by atoms with Gasteiger partial charge in [0.1, 0.15) is 11.5 Å². The molecule has 1 aromatic heterocycles. The highest BCUT2D eigenvalue weighted by Gasteiger charge is 2.24. The first-order valence-electron chi connectivity index (χ1n) is 8.50. The second kappa shape index (κ2) is 7.45. The largest absolute Gasteiger partial charge is 0.315 e. The van der Waals surface area contributed by atoms with Crippen LogP contribution in [-0.4, -0.2) is 35.4 Å². The number of nitrogens with one attached hydrogen (secondary N) is 1. The van der Waals surface area contributed by atoms with Crippen LogP contribution in [0.4, 0.5) is 0 Å². The van der Waals surface area contributed by atoms with Crippen LogP contribution in [0.3, 0.4) is 0 Å². The zero-order chi connectivity index (χ0) is 17.8. The summed E-state index contributed by atoms with van der Waals surface area (Å²) in [7, 11) is 3.52. The summed E-state index contributed by atoms with van der Waals surface area (Å²) >= 11 is 0. The number of aliphatic imine (C=N–C) groups is 1. The van der Waals surface area contributed by atoms with Crippen molar-refractivity contribution in [2.75, 3.05) is 20.1 Å². The van der Waals surface area contributed by atoms with Crippen molar-refractivity contribution in [1.29, 1.82) is 0 Å². The van der Waals surface area contributed by atoms with Gasteiger partial charge in [0.2, 0.25) is 0 Å². The number of aromatic nitrogens is 2. The normalized spacial score (nSPS) is 15.2. The van der Waals surface area contributed by atoms with Crippen molar-refractivity contribution >= 4 is 16.6 Å². The van der Waals surface area contributed by atoms with Gasteiger partial charge in [-0.2, -0.15) is 0 Å². The summed E-state index contributed by atoms with van der Waals surface area (Å²) in [4.78, 5) is 21.5. The van der Waals surface area contributed by atoms with Gasteiger partial charge >= 0.3 is 0 Å². The molecule has 0 atom stereocenters. The minimum Gasteiger partial charge on any atom is -0.315 e. The lowest BCUT2D eigenvalue weighted by Crippen LogP contribution is -2.43. The average Bonchev–Trinajstić information content (AvgIpc) is 2.58. The van der Waals surface area contributed by atoms with Crippen molar-refractivity contribution in [3.63, 3.8) is 0 Å². The number of nitrogens with zero attached hydrogens (tertiary/aromatic N) is 3. The molecule has 1 aliphatic rings. The molecule has 0 radical (unpaired) electrons. The van der Waals surface area contributed by atoms with Crippen molar-refractivity contribution in [3.05, 3.63) is 52.1 Å². The van der Waals surface area contributed by atoms with E-state index in [0.717, 1.165) is 36.6 Å². The minimum absolute atomic E-state index is 0.00639. The van der Waals surface area contributed by atoms with Crippen molar-refractivity contribution in [1.82, 2.24) is 14.9 Å². The minimum atomic E-state index is -0.00639. The molecule has 5 heteroatoms. The van der Waals surface area contributed by atoms with E-state index in [-0.39, 0.29) is 5.56 Å². The van der Waals surface area contributed by atoms with Gasteiger partial charge in [0.05, 0.1) is 10.9 Å². The molecule has 5 nitrogen and oxygen atoms in total. The molecule has 1 saturated heterocycles. The van der Waals surface area contributed by atoms with Gasteiger partial charge in [0.15, 0.2) is 0 Å². The summed E-state index contributed by atoms with van der Waals surface area (Å²) in [6.45, 7) is 3.80. The molecule has 25 heavy (non-hydrogen) atoms. The number of benzene rings is 1. The maximum absolute atomic E-state index is 12.6. The third-order valence-electron chi connectivity index (χ3n) is 4.35. The van der Waals surface area contributed by atoms with Gasteiger partial charge in [-0.3, -0.25) is 14.4 Å². The van der Waals surface area contributed by atoms with Gasteiger partial charge in [-0.1, -0.05) is 18.9 Å². The van der Waals surface area contributed by atoms with Gasteiger partial charge in [-0.15, -0.1) is 0 Å². The monoisotopic (exact) mass is 334 g/mol. The molecule has 1 aromatic carbocycles. The van der Waals surface area contributed by atoms with E-state index in [4.69, 9.17) is 4.98 Å². The first kappa shape index (κ1) is 17.1. The van der Waals surface area contributed by atoms with E-state index in [1.165, 1.54) is 0 Å². The summed E-state index contributed by atoms with van der Waals surface area (Å²) in [5.74, 6) is 7.31. The van der Waals surface area contributed by atoms with E-state index in [0.29, 0.717) is 16.8 Å². The molecule has 2 aromatic rings. The maximum Gasteiger partial charge on any atom is 0.261 e. The molecule has 0 bridgehead atoms. The molecule has 0 saturated carbocycles. The van der Waals surface area contributed by atoms with E-state index in [1.807, 2.05) is 30.4 Å². The molecule has 0 spiro atoms. The van der Waals surface area contributed by atoms with Crippen LogP contribution in [0.1, 0.15) is 30.7 Å². The van der Waals surface area contributed by atoms with Crippen LogP contribution in [0, 0.1) is 11.8 Å². The number of rotatable bonds is 3. The lowest BCUT2D eigenvalue weighted by Gasteiger charge is -2.27. The number of hydrogen-bond donors (Lipinski definition) is 1. The van der Waals surface area contributed by atoms with Gasteiger partial charge in [-0.05, 0) is 36.6 Å². The Morgan fingerprint density at radius 2 is 2.28 bits per heavy atom. The fourth-order valence-corrected chi connectivity index (χ4v) is 2.74. The second-order valence-electron chi connectivity index (χ2n) is 6.09. The van der Waals surface area contributed by atoms with Crippen LogP contribution in [0.2, 0.25) is 0 Å². The van der Waals surface area contributed by atoms with E-state index in [2.05, 4.69) is 29.1 Å². The standard InChI is InChI=1S/C20H22N4O/c1-4-5-6-16(21-2)9-7-14-8-10-17-18(11-14)23-19(15-12-22-13-15)24(3)20(17)25/h5-6,8,10-11,15,22H,4,12-13H2,1-3H3/b6-5-,21-16?. The van der Waals surface area contributed by atoms with E-state index in [1.54, 1.807) is 18.7 Å². The van der Waals surface area contributed by atoms with Crippen LogP contribution < -0.4 is 10.9 Å². The first-order chi connectivity index (χ1) is 12.1. The van der Waals surface area contributed by atoms with Crippen LogP contribution in [0.5, 0.6) is 0 Å². The quantitative estimate of drug-likeness (QED) is 0.690. The second-order valence-corrected chi connectivity index (χ2v) is 6.09. The van der Waals surface area contributed by atoms with Crippen molar-refractivity contribution in [3.8, 4) is 11.8 Å². The Bertz CT molecular complexity index is 969. The molecular weight excluding hydrogens is 312 g/mol. The summed E-state index contributed by atoms with van der Waals surface area (Å²) in [5, 5.41) is 3.85. The van der Waals surface area contributed by atoms with E-state index < -0.39 is 0 Å². The average molecular weight is 334 g/mol. The summed E-state index contributed by atoms with van der Waals surface area (Å²) in [5.41, 5.74) is 2.26. The van der Waals surface area contributed by atoms with Gasteiger partial charge in [0.25, 0.3) is 5.56 Å². The Morgan fingerprint density at radius 1 is 1.48 bits per heavy atom. The zero-order valence-corrected chi connectivity index (χ0v) is 14.8. The zero-order valence-electron chi connectivity index (χ0n) is 14.8. The molecule has 3 rings (SSSR count). The lowest BCUT2D eigenvalue weighted by molar-refractivity contribution is 0.416. The molecule has 1 N–H and O–H groups in total. The highest BCUT2D eigenvalue weighted by atomic mass is 16.1. The molecular formula is C20H22N4O. The Balaban J connectivity index is 2.01. The van der Waals surface area contributed by atoms with E-state index in [9.17, 15) is 4.79 Å². The van der Waals surface area contributed by atoms with Crippen LogP contribution >= 0.6 is 0 Å². The Kier molecular flexibility index (Phi) is 5.11. The number of fused-ring (bicyclic) bond motifs is 1. The Hall–Kier alpha value is -2.71. The predicted octanol–water partition coefficient (Wildman–Crippen LogP) is 2.01. The highest BCUT2D eigenvalue weighted by molar-refractivity contribution is 6.09. The predicted molar refractivity (Wildman–Crippen MR) is 102 cm³/mol. The van der Waals surface area contributed by atoms with Crippen molar-refractivity contribution in [2.45, 2.75) is 19.3 Å². The molecule has 1 fully saturated rings. The number of hydrogen-bond acceptors (Lipinski definition) is 4.